The van der Waals surface area contributed by atoms with E-state index in [9.17, 15) is 14.4 Å². The fraction of sp³-hybridized carbons (Fsp3) is 0.250. The first-order chi connectivity index (χ1) is 12.0. The van der Waals surface area contributed by atoms with E-state index >= 15 is 0 Å². The van der Waals surface area contributed by atoms with Crippen molar-refractivity contribution in [2.24, 2.45) is 0 Å². The van der Waals surface area contributed by atoms with Gasteiger partial charge in [0.25, 0.3) is 5.91 Å². The Morgan fingerprint density at radius 3 is 1.88 bits per heavy atom. The molecule has 1 unspecified atom stereocenters. The highest BCUT2D eigenvalue weighted by Crippen LogP contribution is 2.11. The molecule has 1 atom stereocenters. The summed E-state index contributed by atoms with van der Waals surface area (Å²) < 4.78 is 0. The summed E-state index contributed by atoms with van der Waals surface area (Å²) in [6.45, 7) is 3.21. The lowest BCUT2D eigenvalue weighted by molar-refractivity contribution is -0.145. The largest absolute Gasteiger partial charge is 0.350 e. The van der Waals surface area contributed by atoms with E-state index in [1.165, 1.54) is 18.7 Å². The minimum absolute atomic E-state index is 0.208. The molecule has 0 aromatic heterocycles. The van der Waals surface area contributed by atoms with E-state index in [0.29, 0.717) is 6.54 Å². The van der Waals surface area contributed by atoms with Crippen LogP contribution in [0.25, 0.3) is 0 Å². The topological polar surface area (TPSA) is 66.5 Å². The van der Waals surface area contributed by atoms with Gasteiger partial charge in [-0.1, -0.05) is 60.7 Å². The molecule has 0 bridgehead atoms. The van der Waals surface area contributed by atoms with Crippen molar-refractivity contribution in [3.63, 3.8) is 0 Å². The van der Waals surface area contributed by atoms with Crippen LogP contribution in [-0.2, 0) is 27.5 Å². The Bertz CT molecular complexity index is 729. The highest BCUT2D eigenvalue weighted by molar-refractivity contribution is 6.06. The van der Waals surface area contributed by atoms with Crippen molar-refractivity contribution in [1.29, 1.82) is 0 Å². The summed E-state index contributed by atoms with van der Waals surface area (Å²) in [6, 6.07) is 17.6. The van der Waals surface area contributed by atoms with Crippen molar-refractivity contribution < 1.29 is 14.4 Å². The Morgan fingerprint density at radius 1 is 0.880 bits per heavy atom. The third-order valence-electron chi connectivity index (χ3n) is 3.85. The van der Waals surface area contributed by atoms with Crippen molar-refractivity contribution in [3.05, 3.63) is 71.8 Å². The fourth-order valence-electron chi connectivity index (χ4n) is 2.59. The normalized spacial score (nSPS) is 11.4. The van der Waals surface area contributed by atoms with Crippen LogP contribution in [0.2, 0.25) is 0 Å². The molecule has 2 rings (SSSR count). The Kier molecular flexibility index (Phi) is 6.46. The van der Waals surface area contributed by atoms with Crippen LogP contribution >= 0.6 is 0 Å². The number of nitrogens with one attached hydrogen (secondary N) is 1. The summed E-state index contributed by atoms with van der Waals surface area (Å²) in [5.74, 6) is -1.15. The van der Waals surface area contributed by atoms with Crippen molar-refractivity contribution in [2.45, 2.75) is 33.0 Å². The minimum Gasteiger partial charge on any atom is -0.350 e. The SMILES string of the molecule is CC(=O)C(C(=O)NCc1ccccc1)N(Cc1ccccc1)C(C)=O. The van der Waals surface area contributed by atoms with Crippen LogP contribution in [0, 0.1) is 0 Å². The molecule has 0 aliphatic heterocycles. The summed E-state index contributed by atoms with van der Waals surface area (Å²) in [4.78, 5) is 38.0. The summed E-state index contributed by atoms with van der Waals surface area (Å²) >= 11 is 0. The van der Waals surface area contributed by atoms with E-state index in [2.05, 4.69) is 5.32 Å². The maximum atomic E-state index is 12.6. The van der Waals surface area contributed by atoms with Crippen LogP contribution in [0.4, 0.5) is 0 Å². The van der Waals surface area contributed by atoms with Gasteiger partial charge in [0.05, 0.1) is 0 Å². The lowest BCUT2D eigenvalue weighted by atomic mass is 10.1. The van der Waals surface area contributed by atoms with E-state index < -0.39 is 11.9 Å². The van der Waals surface area contributed by atoms with Gasteiger partial charge < -0.3 is 10.2 Å². The molecule has 2 aromatic carbocycles. The average molecular weight is 338 g/mol. The first-order valence-electron chi connectivity index (χ1n) is 8.12. The van der Waals surface area contributed by atoms with E-state index in [-0.39, 0.29) is 18.2 Å². The highest BCUT2D eigenvalue weighted by Gasteiger charge is 2.31. The number of hydrogen-bond donors (Lipinski definition) is 1. The second kappa shape index (κ2) is 8.78. The Hall–Kier alpha value is -2.95. The fourth-order valence-corrected chi connectivity index (χ4v) is 2.59. The number of amides is 2. The monoisotopic (exact) mass is 338 g/mol. The third-order valence-corrected chi connectivity index (χ3v) is 3.85. The van der Waals surface area contributed by atoms with Gasteiger partial charge in [-0.3, -0.25) is 14.4 Å². The van der Waals surface area contributed by atoms with Crippen LogP contribution in [0.1, 0.15) is 25.0 Å². The molecular weight excluding hydrogens is 316 g/mol. The third kappa shape index (κ3) is 5.28. The van der Waals surface area contributed by atoms with E-state index in [1.54, 1.807) is 0 Å². The van der Waals surface area contributed by atoms with Gasteiger partial charge >= 0.3 is 0 Å². The van der Waals surface area contributed by atoms with E-state index in [1.807, 2.05) is 60.7 Å². The molecule has 0 saturated carbocycles. The Labute approximate surface area is 147 Å². The first-order valence-corrected chi connectivity index (χ1v) is 8.12. The highest BCUT2D eigenvalue weighted by atomic mass is 16.2. The Morgan fingerprint density at radius 2 is 1.40 bits per heavy atom. The molecule has 0 aliphatic carbocycles. The number of rotatable bonds is 7. The summed E-state index contributed by atoms with van der Waals surface area (Å²) in [5, 5.41) is 2.75. The van der Waals surface area contributed by atoms with Crippen molar-refractivity contribution >= 4 is 17.6 Å². The molecule has 5 heteroatoms. The van der Waals surface area contributed by atoms with Gasteiger partial charge in [0.2, 0.25) is 5.91 Å². The zero-order valence-corrected chi connectivity index (χ0v) is 14.4. The number of hydrogen-bond acceptors (Lipinski definition) is 3. The molecule has 1 N–H and O–H groups in total. The van der Waals surface area contributed by atoms with Gasteiger partial charge in [0.1, 0.15) is 0 Å². The maximum Gasteiger partial charge on any atom is 0.250 e. The molecule has 0 heterocycles. The standard InChI is InChI=1S/C20H22N2O3/c1-15(23)19(20(25)21-13-17-9-5-3-6-10-17)22(16(2)24)14-18-11-7-4-8-12-18/h3-12,19H,13-14H2,1-2H3,(H,21,25). The summed E-state index contributed by atoms with van der Waals surface area (Å²) in [6.07, 6.45) is 0. The quantitative estimate of drug-likeness (QED) is 0.788. The van der Waals surface area contributed by atoms with E-state index in [4.69, 9.17) is 0 Å². The summed E-state index contributed by atoms with van der Waals surface area (Å²) in [5.41, 5.74) is 1.79. The smallest absolute Gasteiger partial charge is 0.250 e. The molecule has 0 aliphatic rings. The maximum absolute atomic E-state index is 12.6. The van der Waals surface area contributed by atoms with Crippen LogP contribution < -0.4 is 5.32 Å². The number of Topliss-reactive ketones (excluding diaryl/α,β-unsaturated/α-hetero) is 1. The lowest BCUT2D eigenvalue weighted by Gasteiger charge is -2.28. The molecule has 2 amide bonds. The zero-order chi connectivity index (χ0) is 18.2. The number of carbonyl (C=O) groups excluding carboxylic acids is 3. The van der Waals surface area contributed by atoms with Crippen molar-refractivity contribution in [2.75, 3.05) is 0 Å². The van der Waals surface area contributed by atoms with E-state index in [0.717, 1.165) is 11.1 Å². The van der Waals surface area contributed by atoms with Gasteiger partial charge in [-0.25, -0.2) is 0 Å². The van der Waals surface area contributed by atoms with Gasteiger partial charge in [-0.15, -0.1) is 0 Å². The average Bonchev–Trinajstić information content (AvgIpc) is 2.61. The van der Waals surface area contributed by atoms with Crippen molar-refractivity contribution in [3.8, 4) is 0 Å². The number of carbonyl (C=O) groups is 3. The van der Waals surface area contributed by atoms with Crippen LogP contribution in [0.3, 0.4) is 0 Å². The summed E-state index contributed by atoms with van der Waals surface area (Å²) in [7, 11) is 0. The molecule has 0 fully saturated rings. The predicted octanol–water partition coefficient (Wildman–Crippen LogP) is 2.31. The Balaban J connectivity index is 2.13. The molecule has 5 nitrogen and oxygen atoms in total. The second-order valence-corrected chi connectivity index (χ2v) is 5.85. The lowest BCUT2D eigenvalue weighted by Crippen LogP contribution is -2.52. The molecule has 0 saturated heterocycles. The molecule has 25 heavy (non-hydrogen) atoms. The minimum atomic E-state index is -1.14. The number of ketones is 1. The number of nitrogens with zero attached hydrogens (tertiary/aromatic N) is 1. The van der Waals surface area contributed by atoms with Crippen molar-refractivity contribution in [1.82, 2.24) is 10.2 Å². The predicted molar refractivity (Wildman–Crippen MR) is 95.4 cm³/mol. The van der Waals surface area contributed by atoms with Crippen LogP contribution in [0.15, 0.2) is 60.7 Å². The molecule has 0 radical (unpaired) electrons. The molecular formula is C20H22N2O3. The molecule has 0 spiro atoms. The van der Waals surface area contributed by atoms with Gasteiger partial charge in [-0.05, 0) is 18.1 Å². The van der Waals surface area contributed by atoms with Gasteiger partial charge in [-0.2, -0.15) is 0 Å². The van der Waals surface area contributed by atoms with Crippen LogP contribution in [-0.4, -0.2) is 28.5 Å². The second-order valence-electron chi connectivity index (χ2n) is 5.85. The van der Waals surface area contributed by atoms with Crippen LogP contribution in [0.5, 0.6) is 0 Å². The molecule has 130 valence electrons. The molecule has 2 aromatic rings. The number of benzene rings is 2. The van der Waals surface area contributed by atoms with Gasteiger partial charge in [0, 0.05) is 20.0 Å². The zero-order valence-electron chi connectivity index (χ0n) is 14.4. The first kappa shape index (κ1) is 18.4. The van der Waals surface area contributed by atoms with Gasteiger partial charge in [0.15, 0.2) is 11.8 Å².